The molecule has 28 heteroatoms. The Balaban J connectivity index is 0.000000148. The Morgan fingerprint density at radius 3 is 1.61 bits per heavy atom. The number of nitrogens with one attached hydrogen (secondary N) is 4. The highest BCUT2D eigenvalue weighted by atomic mass is 32.2. The second-order valence-electron chi connectivity index (χ2n) is 18.1. The lowest BCUT2D eigenvalue weighted by molar-refractivity contribution is 0.457. The number of benzene rings is 6. The Labute approximate surface area is 467 Å². The maximum Gasteiger partial charge on any atom is 0.242 e. The van der Waals surface area contributed by atoms with Gasteiger partial charge >= 0.3 is 0 Å². The minimum absolute atomic E-state index is 0.00900. The van der Waals surface area contributed by atoms with Gasteiger partial charge in [0.1, 0.15) is 5.75 Å². The van der Waals surface area contributed by atoms with Crippen molar-refractivity contribution in [2.24, 2.45) is 30.6 Å². The third-order valence-corrected chi connectivity index (χ3v) is 16.7. The van der Waals surface area contributed by atoms with Crippen LogP contribution in [-0.4, -0.2) is 102 Å². The zero-order valence-electron chi connectivity index (χ0n) is 43.8. The third-order valence-electron chi connectivity index (χ3n) is 12.5. The van der Waals surface area contributed by atoms with Crippen molar-refractivity contribution in [1.82, 2.24) is 33.9 Å². The molecule has 0 atom stereocenters. The molecule has 0 spiro atoms. The summed E-state index contributed by atoms with van der Waals surface area (Å²) in [5.74, 6) is 1.03. The SMILES string of the molecule is CN(C)S(=O)(=O)c1ccc(N=Cc2c(O)[nH]c3ccc(-c4cnco4)cc23)cc1.CNS(=O)(=O)c1ccc(N=Nc2c(O)[nH]c3cc(C)c(O)c(C)c23)cc1.NS(=O)(=O)c1ccc(N=Nc2c(O)[nH]c3ccc(-c4cnco4)cc23)cc1. The lowest BCUT2D eigenvalue weighted by Gasteiger charge is -2.10. The summed E-state index contributed by atoms with van der Waals surface area (Å²) in [5.41, 5.74) is 7.28. The first-order valence-corrected chi connectivity index (χ1v) is 28.6. The van der Waals surface area contributed by atoms with Crippen molar-refractivity contribution in [2.75, 3.05) is 21.1 Å². The number of azo groups is 2. The van der Waals surface area contributed by atoms with E-state index in [1.807, 2.05) is 24.3 Å². The molecule has 0 amide bonds. The average molecular weight is 1170 g/mol. The molecule has 0 radical (unpaired) electrons. The number of rotatable bonds is 13. The van der Waals surface area contributed by atoms with Gasteiger partial charge in [0.05, 0.1) is 60.7 Å². The van der Waals surface area contributed by atoms with Crippen LogP contribution in [0.15, 0.2) is 189 Å². The summed E-state index contributed by atoms with van der Waals surface area (Å²) in [6.45, 7) is 3.50. The quantitative estimate of drug-likeness (QED) is 0.0383. The molecule has 0 saturated carbocycles. The van der Waals surface area contributed by atoms with E-state index in [4.69, 9.17) is 14.0 Å². The van der Waals surface area contributed by atoms with Crippen molar-refractivity contribution in [3.05, 3.63) is 157 Å². The van der Waals surface area contributed by atoms with Crippen LogP contribution in [0.5, 0.6) is 23.4 Å². The van der Waals surface area contributed by atoms with Crippen LogP contribution < -0.4 is 9.86 Å². The molecule has 25 nitrogen and oxygen atoms in total. The lowest BCUT2D eigenvalue weighted by Crippen LogP contribution is -2.21. The van der Waals surface area contributed by atoms with Crippen LogP contribution in [0.3, 0.4) is 0 Å². The number of aromatic hydroxyl groups is 4. The topological polar surface area (TPSA) is 386 Å². The summed E-state index contributed by atoms with van der Waals surface area (Å²) >= 11 is 0. The van der Waals surface area contributed by atoms with Crippen molar-refractivity contribution in [1.29, 1.82) is 0 Å². The Kier molecular flexibility index (Phi) is 16.0. The second-order valence-corrected chi connectivity index (χ2v) is 23.7. The Bertz CT molecular complexity index is 4580. The molecule has 0 aliphatic heterocycles. The largest absolute Gasteiger partial charge is 0.507 e. The van der Waals surface area contributed by atoms with Gasteiger partial charge in [-0.15, -0.1) is 10.2 Å². The van der Waals surface area contributed by atoms with E-state index in [9.17, 15) is 45.7 Å². The van der Waals surface area contributed by atoms with Gasteiger partial charge in [0, 0.05) is 58.7 Å². The summed E-state index contributed by atoms with van der Waals surface area (Å²) in [6.07, 6.45) is 7.43. The molecule has 11 aromatic rings. The Morgan fingerprint density at radius 2 is 1.07 bits per heavy atom. The molecule has 5 heterocycles. The first-order valence-electron chi connectivity index (χ1n) is 24.1. The second kappa shape index (κ2) is 23.1. The fraction of sp³-hybridized carbons (Fsp3) is 0.0926. The van der Waals surface area contributed by atoms with Crippen molar-refractivity contribution in [2.45, 2.75) is 28.5 Å². The minimum atomic E-state index is -3.77. The molecule has 0 aliphatic rings. The molecule has 5 aromatic heterocycles. The molecule has 420 valence electrons. The number of hydrogen-bond donors (Lipinski definition) is 9. The van der Waals surface area contributed by atoms with Gasteiger partial charge in [-0.05, 0) is 142 Å². The van der Waals surface area contributed by atoms with Crippen LogP contribution in [0.2, 0.25) is 0 Å². The Hall–Kier alpha value is -9.84. The Morgan fingerprint density at radius 1 is 0.585 bits per heavy atom. The van der Waals surface area contributed by atoms with Crippen molar-refractivity contribution >= 4 is 97.4 Å². The first-order chi connectivity index (χ1) is 39.0. The van der Waals surface area contributed by atoms with Crippen LogP contribution in [0.4, 0.5) is 28.4 Å². The van der Waals surface area contributed by atoms with Gasteiger partial charge < -0.3 is 44.2 Å². The highest BCUT2D eigenvalue weighted by molar-refractivity contribution is 7.89. The monoisotopic (exact) mass is 1170 g/mol. The van der Waals surface area contributed by atoms with E-state index in [1.54, 1.807) is 56.6 Å². The zero-order chi connectivity index (χ0) is 58.7. The van der Waals surface area contributed by atoms with Crippen LogP contribution in [0, 0.1) is 13.8 Å². The number of phenolic OH excluding ortho intramolecular Hbond substituents is 1. The van der Waals surface area contributed by atoms with E-state index < -0.39 is 30.1 Å². The molecule has 0 saturated heterocycles. The highest BCUT2D eigenvalue weighted by Gasteiger charge is 2.20. The summed E-state index contributed by atoms with van der Waals surface area (Å²) < 4.78 is 84.3. The first kappa shape index (κ1) is 56.9. The fourth-order valence-electron chi connectivity index (χ4n) is 8.18. The predicted molar refractivity (Wildman–Crippen MR) is 305 cm³/mol. The number of H-pyrrole nitrogens is 3. The highest BCUT2D eigenvalue weighted by Crippen LogP contribution is 2.43. The molecule has 0 fully saturated rings. The maximum atomic E-state index is 12.1. The molecular formula is C54H49N13O12S3. The molecule has 82 heavy (non-hydrogen) atoms. The molecular weight excluding hydrogens is 1120 g/mol. The number of sulfonamides is 3. The van der Waals surface area contributed by atoms with E-state index >= 15 is 0 Å². The van der Waals surface area contributed by atoms with Gasteiger partial charge in [-0.2, -0.15) is 10.2 Å². The number of oxazole rings is 2. The van der Waals surface area contributed by atoms with Crippen LogP contribution in [-0.2, 0) is 30.1 Å². The van der Waals surface area contributed by atoms with Gasteiger partial charge in [-0.1, -0.05) is 0 Å². The molecule has 0 unspecified atom stereocenters. The number of aryl methyl sites for hydroxylation is 2. The number of aliphatic imine (C=N–C) groups is 1. The van der Waals surface area contributed by atoms with Crippen LogP contribution in [0.25, 0.3) is 55.4 Å². The van der Waals surface area contributed by atoms with Gasteiger partial charge in [0.15, 0.2) is 41.6 Å². The summed E-state index contributed by atoms with van der Waals surface area (Å²) in [5, 5.41) is 64.0. The average Bonchev–Trinajstić information content (AvgIpc) is 4.23. The smallest absolute Gasteiger partial charge is 0.242 e. The number of nitrogens with two attached hydrogens (primary N) is 1. The van der Waals surface area contributed by atoms with Crippen molar-refractivity contribution in [3.63, 3.8) is 0 Å². The van der Waals surface area contributed by atoms with E-state index in [0.29, 0.717) is 67.1 Å². The third kappa shape index (κ3) is 12.2. The number of hydrogen-bond acceptors (Lipinski definition) is 19. The normalized spacial score (nSPS) is 12.3. The summed E-state index contributed by atoms with van der Waals surface area (Å²) in [6, 6.07) is 30.4. The van der Waals surface area contributed by atoms with Gasteiger partial charge in [0.2, 0.25) is 41.8 Å². The number of nitrogens with zero attached hydrogens (tertiary/aromatic N) is 8. The number of aromatic amines is 3. The molecule has 11 rings (SSSR count). The van der Waals surface area contributed by atoms with Crippen molar-refractivity contribution in [3.8, 4) is 46.0 Å². The van der Waals surface area contributed by atoms with Crippen molar-refractivity contribution < 1.29 is 54.5 Å². The predicted octanol–water partition coefficient (Wildman–Crippen LogP) is 10.6. The van der Waals surface area contributed by atoms with Gasteiger partial charge in [0.25, 0.3) is 0 Å². The standard InChI is InChI=1S/C20H18N4O4S.C17H13N5O4S.C17H18N4O4S/c1-24(2)29(26,27)15-6-4-14(5-7-15)22-10-17-16-9-13(19-11-21-12-28-19)3-8-18(16)23-20(17)25;18-27(24,25)12-4-2-11(3-5-12)21-22-16-13-7-10(15-8-19-9-26-15)1-6-14(13)20-17(16)23;1-9-8-13-14(10(2)16(9)22)15(17(23)19-13)21-20-11-4-6-12(7-5-11)26(24,25)18-3/h3-12,23,25H,1-2H3;1-9,20,23H,(H2,18,24,25);4-8,18-19,22-23H,1-3H3. The van der Waals surface area contributed by atoms with Crippen LogP contribution >= 0.6 is 0 Å². The molecule has 0 aliphatic carbocycles. The van der Waals surface area contributed by atoms with E-state index in [1.165, 1.54) is 101 Å². The fourth-order valence-corrected chi connectivity index (χ4v) is 10.3. The number of fused-ring (bicyclic) bond motifs is 3. The zero-order valence-corrected chi connectivity index (χ0v) is 46.2. The summed E-state index contributed by atoms with van der Waals surface area (Å²) in [4.78, 5) is 21.0. The number of primary sulfonamides is 1. The molecule has 0 bridgehead atoms. The maximum absolute atomic E-state index is 12.1. The van der Waals surface area contributed by atoms with E-state index in [-0.39, 0.29) is 49.5 Å². The minimum Gasteiger partial charge on any atom is -0.507 e. The number of phenols is 1. The van der Waals surface area contributed by atoms with Gasteiger partial charge in [-0.25, -0.2) is 49.4 Å². The lowest BCUT2D eigenvalue weighted by atomic mass is 10.1. The van der Waals surface area contributed by atoms with E-state index in [0.717, 1.165) is 26.3 Å². The number of aromatic nitrogens is 5. The van der Waals surface area contributed by atoms with E-state index in [2.05, 4.69) is 55.1 Å². The van der Waals surface area contributed by atoms with Gasteiger partial charge in [-0.3, -0.25) is 4.99 Å². The van der Waals surface area contributed by atoms with Crippen LogP contribution in [0.1, 0.15) is 16.7 Å². The molecule has 6 aromatic carbocycles. The summed E-state index contributed by atoms with van der Waals surface area (Å²) in [7, 11) is -6.48. The molecule has 10 N–H and O–H groups in total.